The quantitative estimate of drug-likeness (QED) is 0.408. The number of para-hydroxylation sites is 1. The zero-order chi connectivity index (χ0) is 20.9. The Morgan fingerprint density at radius 1 is 0.733 bits per heavy atom. The molecule has 0 radical (unpaired) electrons. The van der Waals surface area contributed by atoms with E-state index in [0.29, 0.717) is 21.8 Å². The fourth-order valence-corrected chi connectivity index (χ4v) is 4.06. The second-order valence-electron chi connectivity index (χ2n) is 6.86. The summed E-state index contributed by atoms with van der Waals surface area (Å²) in [4.78, 5) is 26.0. The summed E-state index contributed by atoms with van der Waals surface area (Å²) in [5.41, 5.74) is 4.48. The largest absolute Gasteiger partial charge is 0.322 e. The molecule has 30 heavy (non-hydrogen) atoms. The average molecular weight is 413 g/mol. The number of amides is 2. The van der Waals surface area contributed by atoms with Crippen LogP contribution in [0.15, 0.2) is 90.3 Å². The summed E-state index contributed by atoms with van der Waals surface area (Å²) in [6.45, 7) is 1.97. The Kier molecular flexibility index (Phi) is 5.72. The molecule has 0 aliphatic rings. The normalized spacial score (nSPS) is 10.4. The minimum absolute atomic E-state index is 0.245. The topological polar surface area (TPSA) is 58.2 Å². The highest BCUT2D eigenvalue weighted by molar-refractivity contribution is 7.15. The highest BCUT2D eigenvalue weighted by atomic mass is 32.1. The molecule has 148 valence electrons. The lowest BCUT2D eigenvalue weighted by Crippen LogP contribution is -2.17. The van der Waals surface area contributed by atoms with Crippen LogP contribution in [0.1, 0.15) is 26.3 Å². The molecule has 3 aromatic carbocycles. The van der Waals surface area contributed by atoms with Gasteiger partial charge in [0.15, 0.2) is 0 Å². The standard InChI is InChI=1S/C25H20N2O2S/c1-17-12-14-19(15-13-17)23(28)27-25-22(24(29)26-20-10-6-3-7-11-20)21(16-30-25)18-8-4-2-5-9-18/h2-16H,1H3,(H,26,29)(H,27,28). The van der Waals surface area contributed by atoms with Crippen LogP contribution in [-0.4, -0.2) is 11.8 Å². The maximum Gasteiger partial charge on any atom is 0.259 e. The van der Waals surface area contributed by atoms with Gasteiger partial charge >= 0.3 is 0 Å². The molecule has 1 aromatic heterocycles. The fourth-order valence-electron chi connectivity index (χ4n) is 3.10. The molecular formula is C25H20N2O2S. The van der Waals surface area contributed by atoms with Crippen LogP contribution in [-0.2, 0) is 0 Å². The monoisotopic (exact) mass is 412 g/mol. The Labute approximate surface area is 179 Å². The number of thiophene rings is 1. The molecule has 0 saturated carbocycles. The first-order valence-corrected chi connectivity index (χ1v) is 10.4. The molecule has 0 fully saturated rings. The number of aryl methyl sites for hydroxylation is 1. The van der Waals surface area contributed by atoms with Crippen molar-refractivity contribution in [3.05, 3.63) is 107 Å². The Hall–Kier alpha value is -3.70. The molecule has 4 aromatic rings. The van der Waals surface area contributed by atoms with E-state index in [4.69, 9.17) is 0 Å². The summed E-state index contributed by atoms with van der Waals surface area (Å²) in [5, 5.41) is 8.28. The third kappa shape index (κ3) is 4.31. The van der Waals surface area contributed by atoms with E-state index in [0.717, 1.165) is 16.7 Å². The summed E-state index contributed by atoms with van der Waals surface area (Å²) in [7, 11) is 0. The Bertz CT molecular complexity index is 1170. The van der Waals surface area contributed by atoms with E-state index in [-0.39, 0.29) is 11.8 Å². The van der Waals surface area contributed by atoms with E-state index in [1.165, 1.54) is 11.3 Å². The van der Waals surface area contributed by atoms with Gasteiger partial charge in [-0.1, -0.05) is 66.2 Å². The van der Waals surface area contributed by atoms with Gasteiger partial charge in [0, 0.05) is 22.2 Å². The molecule has 0 atom stereocenters. The predicted molar refractivity (Wildman–Crippen MR) is 123 cm³/mol. The lowest BCUT2D eigenvalue weighted by atomic mass is 10.0. The van der Waals surface area contributed by atoms with Crippen LogP contribution in [0, 0.1) is 6.92 Å². The van der Waals surface area contributed by atoms with Gasteiger partial charge in [-0.25, -0.2) is 0 Å². The van der Waals surface area contributed by atoms with Crippen molar-refractivity contribution in [3.8, 4) is 11.1 Å². The van der Waals surface area contributed by atoms with Gasteiger partial charge < -0.3 is 10.6 Å². The van der Waals surface area contributed by atoms with Crippen molar-refractivity contribution in [3.63, 3.8) is 0 Å². The smallest absolute Gasteiger partial charge is 0.259 e. The van der Waals surface area contributed by atoms with Crippen LogP contribution < -0.4 is 10.6 Å². The van der Waals surface area contributed by atoms with Crippen molar-refractivity contribution in [1.29, 1.82) is 0 Å². The number of carbonyl (C=O) groups is 2. The van der Waals surface area contributed by atoms with Crippen molar-refractivity contribution in [1.82, 2.24) is 0 Å². The number of hydrogen-bond donors (Lipinski definition) is 2. The summed E-state index contributed by atoms with van der Waals surface area (Å²) < 4.78 is 0. The molecule has 0 unspecified atom stereocenters. The van der Waals surface area contributed by atoms with E-state index in [1.54, 1.807) is 12.1 Å². The van der Waals surface area contributed by atoms with Crippen molar-refractivity contribution < 1.29 is 9.59 Å². The first-order valence-electron chi connectivity index (χ1n) is 9.53. The Morgan fingerprint density at radius 2 is 1.37 bits per heavy atom. The number of hydrogen-bond acceptors (Lipinski definition) is 3. The van der Waals surface area contributed by atoms with E-state index in [9.17, 15) is 9.59 Å². The lowest BCUT2D eigenvalue weighted by molar-refractivity contribution is 0.102. The van der Waals surface area contributed by atoms with Crippen LogP contribution >= 0.6 is 11.3 Å². The zero-order valence-electron chi connectivity index (χ0n) is 16.4. The fraction of sp³-hybridized carbons (Fsp3) is 0.0400. The van der Waals surface area contributed by atoms with E-state index < -0.39 is 0 Å². The van der Waals surface area contributed by atoms with Crippen molar-refractivity contribution in [2.75, 3.05) is 10.6 Å². The van der Waals surface area contributed by atoms with Crippen LogP contribution in [0.25, 0.3) is 11.1 Å². The van der Waals surface area contributed by atoms with Crippen LogP contribution in [0.3, 0.4) is 0 Å². The van der Waals surface area contributed by atoms with Crippen LogP contribution in [0.2, 0.25) is 0 Å². The lowest BCUT2D eigenvalue weighted by Gasteiger charge is -2.10. The molecule has 1 heterocycles. The molecule has 0 aliphatic heterocycles. The molecule has 2 N–H and O–H groups in total. The summed E-state index contributed by atoms with van der Waals surface area (Å²) >= 11 is 1.34. The summed E-state index contributed by atoms with van der Waals surface area (Å²) in [5.74, 6) is -0.509. The molecule has 5 heteroatoms. The van der Waals surface area contributed by atoms with Gasteiger partial charge in [0.05, 0.1) is 5.56 Å². The minimum atomic E-state index is -0.263. The summed E-state index contributed by atoms with van der Waals surface area (Å²) in [6, 6.07) is 26.3. The Balaban J connectivity index is 1.69. The molecule has 4 nitrogen and oxygen atoms in total. The van der Waals surface area contributed by atoms with Crippen molar-refractivity contribution in [2.45, 2.75) is 6.92 Å². The first-order chi connectivity index (χ1) is 14.6. The second-order valence-corrected chi connectivity index (χ2v) is 7.74. The first kappa shape index (κ1) is 19.6. The summed E-state index contributed by atoms with van der Waals surface area (Å²) in [6.07, 6.45) is 0. The molecule has 4 rings (SSSR count). The zero-order valence-corrected chi connectivity index (χ0v) is 17.2. The van der Waals surface area contributed by atoms with Gasteiger partial charge in [0.25, 0.3) is 11.8 Å². The molecule has 0 saturated heterocycles. The number of anilines is 2. The van der Waals surface area contributed by atoms with Crippen molar-refractivity contribution >= 4 is 33.8 Å². The van der Waals surface area contributed by atoms with Gasteiger partial charge in [-0.2, -0.15) is 0 Å². The number of nitrogens with one attached hydrogen (secondary N) is 2. The number of carbonyl (C=O) groups excluding carboxylic acids is 2. The van der Waals surface area contributed by atoms with Crippen LogP contribution in [0.5, 0.6) is 0 Å². The van der Waals surface area contributed by atoms with E-state index in [2.05, 4.69) is 10.6 Å². The number of benzene rings is 3. The SMILES string of the molecule is Cc1ccc(C(=O)Nc2scc(-c3ccccc3)c2C(=O)Nc2ccccc2)cc1. The Morgan fingerprint density at radius 3 is 2.03 bits per heavy atom. The van der Waals surface area contributed by atoms with E-state index in [1.807, 2.05) is 85.1 Å². The van der Waals surface area contributed by atoms with Crippen molar-refractivity contribution in [2.24, 2.45) is 0 Å². The highest BCUT2D eigenvalue weighted by Crippen LogP contribution is 2.36. The molecule has 0 spiro atoms. The van der Waals surface area contributed by atoms with Gasteiger partial charge in [-0.3, -0.25) is 9.59 Å². The highest BCUT2D eigenvalue weighted by Gasteiger charge is 2.22. The van der Waals surface area contributed by atoms with Gasteiger partial charge in [-0.15, -0.1) is 11.3 Å². The average Bonchev–Trinajstić information content (AvgIpc) is 3.19. The van der Waals surface area contributed by atoms with Gasteiger partial charge in [0.1, 0.15) is 5.00 Å². The van der Waals surface area contributed by atoms with Crippen LogP contribution in [0.4, 0.5) is 10.7 Å². The van der Waals surface area contributed by atoms with Gasteiger partial charge in [0.2, 0.25) is 0 Å². The molecule has 0 bridgehead atoms. The minimum Gasteiger partial charge on any atom is -0.322 e. The maximum absolute atomic E-state index is 13.2. The maximum atomic E-state index is 13.2. The third-order valence-electron chi connectivity index (χ3n) is 4.68. The molecular weight excluding hydrogens is 392 g/mol. The second kappa shape index (κ2) is 8.76. The molecule has 2 amide bonds. The van der Waals surface area contributed by atoms with E-state index >= 15 is 0 Å². The number of rotatable bonds is 5. The predicted octanol–water partition coefficient (Wildman–Crippen LogP) is 6.23. The third-order valence-corrected chi connectivity index (χ3v) is 5.57. The molecule has 0 aliphatic carbocycles. The van der Waals surface area contributed by atoms with Gasteiger partial charge in [-0.05, 0) is 36.8 Å².